The Labute approximate surface area is 201 Å². The number of hydrogen-bond acceptors (Lipinski definition) is 9. The maximum absolute atomic E-state index is 13.3. The van der Waals surface area contributed by atoms with Gasteiger partial charge in [0, 0.05) is 24.1 Å². The first-order valence-electron chi connectivity index (χ1n) is 11.1. The summed E-state index contributed by atoms with van der Waals surface area (Å²) in [5.74, 6) is -5.01. The number of nitrogens with zero attached hydrogens (tertiary/aromatic N) is 1. The van der Waals surface area contributed by atoms with Crippen LogP contribution in [0.2, 0.25) is 0 Å². The third kappa shape index (κ3) is 5.36. The van der Waals surface area contributed by atoms with Gasteiger partial charge < -0.3 is 36.4 Å². The zero-order chi connectivity index (χ0) is 26.0. The van der Waals surface area contributed by atoms with Gasteiger partial charge in [0.1, 0.15) is 23.7 Å². The number of aliphatic hydroxyl groups is 3. The Bertz CT molecular complexity index is 1150. The third-order valence-electron chi connectivity index (χ3n) is 6.21. The van der Waals surface area contributed by atoms with Crippen molar-refractivity contribution >= 4 is 29.1 Å². The first-order valence-corrected chi connectivity index (χ1v) is 11.1. The van der Waals surface area contributed by atoms with Crippen LogP contribution in [-0.2, 0) is 20.8 Å². The van der Waals surface area contributed by atoms with E-state index in [-0.39, 0.29) is 54.4 Å². The Morgan fingerprint density at radius 1 is 1.17 bits per heavy atom. The summed E-state index contributed by atoms with van der Waals surface area (Å²) in [6.07, 6.45) is 0.363. The maximum atomic E-state index is 13.3. The van der Waals surface area contributed by atoms with Crippen LogP contribution in [0.3, 0.4) is 0 Å². The predicted molar refractivity (Wildman–Crippen MR) is 125 cm³/mol. The molecule has 2 atom stereocenters. The van der Waals surface area contributed by atoms with E-state index in [9.17, 15) is 34.5 Å². The highest BCUT2D eigenvalue weighted by Gasteiger charge is 2.41. The molecule has 1 unspecified atom stereocenters. The fourth-order valence-corrected chi connectivity index (χ4v) is 4.85. The number of allylic oxidation sites excluding steroid dienone is 3. The van der Waals surface area contributed by atoms with E-state index in [1.165, 1.54) is 12.1 Å². The first kappa shape index (κ1) is 25.9. The second kappa shape index (κ2) is 10.3. The van der Waals surface area contributed by atoms with Gasteiger partial charge in [0.25, 0.3) is 5.91 Å². The van der Waals surface area contributed by atoms with Crippen LogP contribution < -0.4 is 11.1 Å². The van der Waals surface area contributed by atoms with Crippen LogP contribution in [0.4, 0.5) is 5.69 Å². The fourth-order valence-electron chi connectivity index (χ4n) is 4.85. The average Bonchev–Trinajstić information content (AvgIpc) is 2.74. The molecule has 3 rings (SSSR count). The standard InChI is InChI=1S/C24H29N3O8/c1-27(2)9-19(33)26-14-3-4-15(29)21-13(14)8-12-5-11(6-16(30)20(12)23(21)34)7-17(31)22(24(25)35)18(32)10-28/h3-4,11-12,28-31H,5-10H2,1-2H3,(H2,25,35)(H,26,33)/b22-17-/t11-,12?/m1/s1. The minimum Gasteiger partial charge on any atom is -0.512 e. The lowest BCUT2D eigenvalue weighted by molar-refractivity contribution is -0.123. The zero-order valence-corrected chi connectivity index (χ0v) is 19.5. The topological polar surface area (TPSA) is 190 Å². The number of carbonyl (C=O) groups excluding carboxylic acids is 4. The Morgan fingerprint density at radius 2 is 1.86 bits per heavy atom. The summed E-state index contributed by atoms with van der Waals surface area (Å²) in [6, 6.07) is 2.83. The molecule has 0 heterocycles. The Morgan fingerprint density at radius 3 is 2.46 bits per heavy atom. The van der Waals surface area contributed by atoms with Crippen LogP contribution in [0.5, 0.6) is 5.75 Å². The van der Waals surface area contributed by atoms with Gasteiger partial charge in [-0.15, -0.1) is 0 Å². The van der Waals surface area contributed by atoms with E-state index >= 15 is 0 Å². The number of aromatic hydroxyl groups is 1. The van der Waals surface area contributed by atoms with Crippen molar-refractivity contribution in [3.63, 3.8) is 0 Å². The van der Waals surface area contributed by atoms with E-state index in [2.05, 4.69) is 5.32 Å². The average molecular weight is 488 g/mol. The number of phenolic OH excluding ortho intramolecular Hbond substituents is 1. The number of Topliss-reactive ketones (excluding diaryl/α,β-unsaturated/α-hetero) is 2. The second-order valence-electron chi connectivity index (χ2n) is 9.14. The summed E-state index contributed by atoms with van der Waals surface area (Å²) in [4.78, 5) is 50.6. The monoisotopic (exact) mass is 487 g/mol. The predicted octanol–water partition coefficient (Wildman–Crippen LogP) is 0.718. The highest BCUT2D eigenvalue weighted by molar-refractivity contribution is 6.19. The molecule has 0 saturated carbocycles. The molecule has 11 nitrogen and oxygen atoms in total. The van der Waals surface area contributed by atoms with E-state index in [0.717, 1.165) is 0 Å². The van der Waals surface area contributed by atoms with Gasteiger partial charge in [0.05, 0.1) is 17.9 Å². The van der Waals surface area contributed by atoms with Crippen LogP contribution in [0, 0.1) is 11.8 Å². The molecule has 0 saturated heterocycles. The number of phenols is 1. The third-order valence-corrected chi connectivity index (χ3v) is 6.21. The number of rotatable bonds is 8. The number of anilines is 1. The van der Waals surface area contributed by atoms with Gasteiger partial charge in [-0.05, 0) is 56.5 Å². The number of benzene rings is 1. The number of nitrogens with two attached hydrogens (primary N) is 1. The van der Waals surface area contributed by atoms with Crippen molar-refractivity contribution in [2.24, 2.45) is 17.6 Å². The van der Waals surface area contributed by atoms with Crippen LogP contribution in [0.25, 0.3) is 0 Å². The molecule has 188 valence electrons. The summed E-state index contributed by atoms with van der Waals surface area (Å²) in [5, 5.41) is 43.3. The molecule has 0 aromatic heterocycles. The van der Waals surface area contributed by atoms with Crippen LogP contribution in [-0.4, -0.2) is 76.0 Å². The highest BCUT2D eigenvalue weighted by atomic mass is 16.3. The summed E-state index contributed by atoms with van der Waals surface area (Å²) in [6.45, 7) is -0.885. The van der Waals surface area contributed by atoms with Gasteiger partial charge in [-0.2, -0.15) is 0 Å². The van der Waals surface area contributed by atoms with Crippen molar-refractivity contribution in [3.8, 4) is 5.75 Å². The Balaban J connectivity index is 1.93. The molecule has 2 aliphatic carbocycles. The molecule has 0 radical (unpaired) electrons. The van der Waals surface area contributed by atoms with Gasteiger partial charge >= 0.3 is 0 Å². The van der Waals surface area contributed by atoms with Gasteiger partial charge in [0.15, 0.2) is 11.6 Å². The Hall–Kier alpha value is -3.70. The largest absolute Gasteiger partial charge is 0.512 e. The van der Waals surface area contributed by atoms with Gasteiger partial charge in [0.2, 0.25) is 5.91 Å². The second-order valence-corrected chi connectivity index (χ2v) is 9.14. The van der Waals surface area contributed by atoms with Crippen LogP contribution in [0.15, 0.2) is 34.8 Å². The van der Waals surface area contributed by atoms with Crippen molar-refractivity contribution < 1.29 is 39.6 Å². The zero-order valence-electron chi connectivity index (χ0n) is 19.5. The number of fused-ring (bicyclic) bond motifs is 2. The maximum Gasteiger partial charge on any atom is 0.255 e. The van der Waals surface area contributed by atoms with E-state index in [1.807, 2.05) is 0 Å². The number of aliphatic hydroxyl groups excluding tert-OH is 3. The van der Waals surface area contributed by atoms with Crippen molar-refractivity contribution in [1.82, 2.24) is 4.90 Å². The summed E-state index contributed by atoms with van der Waals surface area (Å²) in [7, 11) is 3.47. The van der Waals surface area contributed by atoms with Crippen LogP contribution in [0.1, 0.15) is 35.2 Å². The van der Waals surface area contributed by atoms with Gasteiger partial charge in [-0.3, -0.25) is 19.2 Å². The fraction of sp³-hybridized carbons (Fsp3) is 0.417. The molecule has 1 aromatic rings. The lowest BCUT2D eigenvalue weighted by Gasteiger charge is -2.35. The summed E-state index contributed by atoms with van der Waals surface area (Å²) < 4.78 is 0. The molecule has 2 aliphatic rings. The van der Waals surface area contributed by atoms with Crippen molar-refractivity contribution in [2.75, 3.05) is 32.6 Å². The molecule has 7 N–H and O–H groups in total. The van der Waals surface area contributed by atoms with Gasteiger partial charge in [-0.25, -0.2) is 0 Å². The number of hydrogen-bond donors (Lipinski definition) is 6. The Kier molecular flexibility index (Phi) is 7.61. The lowest BCUT2D eigenvalue weighted by Crippen LogP contribution is -2.33. The molecule has 11 heteroatoms. The smallest absolute Gasteiger partial charge is 0.255 e. The molecule has 0 aliphatic heterocycles. The molecule has 2 amide bonds. The summed E-state index contributed by atoms with van der Waals surface area (Å²) >= 11 is 0. The number of primary amides is 1. The van der Waals surface area contributed by atoms with Crippen molar-refractivity contribution in [3.05, 3.63) is 45.9 Å². The normalized spacial score (nSPS) is 20.2. The highest BCUT2D eigenvalue weighted by Crippen LogP contribution is 2.46. The lowest BCUT2D eigenvalue weighted by atomic mass is 9.69. The van der Waals surface area contributed by atoms with E-state index < -0.39 is 47.2 Å². The molecule has 35 heavy (non-hydrogen) atoms. The quantitative estimate of drug-likeness (QED) is 0.101. The molecule has 1 aromatic carbocycles. The molecule has 0 bridgehead atoms. The van der Waals surface area contributed by atoms with Gasteiger partial charge in [-0.1, -0.05) is 0 Å². The van der Waals surface area contributed by atoms with Crippen molar-refractivity contribution in [2.45, 2.75) is 25.7 Å². The van der Waals surface area contributed by atoms with E-state index in [1.54, 1.807) is 19.0 Å². The number of carbonyl (C=O) groups is 4. The number of nitrogens with one attached hydrogen (secondary N) is 1. The SMILES string of the molecule is CN(C)CC(=O)Nc1ccc(O)c2c1CC1C[C@@H](C/C(O)=C(/C(N)=O)C(=O)CO)CC(O)=C1C2=O. The van der Waals surface area contributed by atoms with Crippen LogP contribution >= 0.6 is 0 Å². The molecular weight excluding hydrogens is 458 g/mol. The number of amides is 2. The summed E-state index contributed by atoms with van der Waals surface area (Å²) in [5.41, 5.74) is 5.48. The minimum atomic E-state index is -1.17. The number of likely N-dealkylation sites (N-methyl/N-ethyl adjacent to an activating group) is 1. The first-order chi connectivity index (χ1) is 16.4. The van der Waals surface area contributed by atoms with E-state index in [0.29, 0.717) is 17.7 Å². The molecule has 0 spiro atoms. The molecule has 0 fully saturated rings. The van der Waals surface area contributed by atoms with E-state index in [4.69, 9.17) is 10.8 Å². The number of ketones is 2. The minimum absolute atomic E-state index is 0.00362. The van der Waals surface area contributed by atoms with Crippen molar-refractivity contribution in [1.29, 1.82) is 0 Å². The molecular formula is C24H29N3O8.